The first-order valence-corrected chi connectivity index (χ1v) is 6.63. The SMILES string of the molecule is O=C(NCC(O)c1c(F)cccc1F)c1c(F)cccc1Cl. The Kier molecular flexibility index (Phi) is 5.05. The Bertz CT molecular complexity index is 669. The lowest BCUT2D eigenvalue weighted by Gasteiger charge is -2.14. The van der Waals surface area contributed by atoms with Crippen LogP contribution in [0.1, 0.15) is 22.0 Å². The molecule has 1 unspecified atom stereocenters. The molecule has 7 heteroatoms. The van der Waals surface area contributed by atoms with E-state index in [4.69, 9.17) is 11.6 Å². The maximum Gasteiger partial charge on any atom is 0.255 e. The molecule has 0 aliphatic rings. The Labute approximate surface area is 129 Å². The van der Waals surface area contributed by atoms with Crippen molar-refractivity contribution in [1.82, 2.24) is 5.32 Å². The summed E-state index contributed by atoms with van der Waals surface area (Å²) in [5.41, 5.74) is -0.965. The zero-order valence-corrected chi connectivity index (χ0v) is 11.9. The average molecular weight is 330 g/mol. The van der Waals surface area contributed by atoms with Crippen LogP contribution in [0.25, 0.3) is 0 Å². The number of benzene rings is 2. The van der Waals surface area contributed by atoms with Gasteiger partial charge >= 0.3 is 0 Å². The molecular formula is C15H11ClF3NO2. The summed E-state index contributed by atoms with van der Waals surface area (Å²) in [5.74, 6) is -3.60. The molecule has 0 spiro atoms. The van der Waals surface area contributed by atoms with Crippen molar-refractivity contribution >= 4 is 17.5 Å². The minimum absolute atomic E-state index is 0.107. The van der Waals surface area contributed by atoms with E-state index in [0.717, 1.165) is 24.3 Å². The highest BCUT2D eigenvalue weighted by atomic mass is 35.5. The van der Waals surface area contributed by atoms with Gasteiger partial charge in [-0.1, -0.05) is 23.7 Å². The standard InChI is InChI=1S/C15H11ClF3NO2/c16-8-3-1-4-9(17)13(8)15(22)20-7-12(21)14-10(18)5-2-6-11(14)19/h1-6,12,21H,7H2,(H,20,22). The number of nitrogens with one attached hydrogen (secondary N) is 1. The van der Waals surface area contributed by atoms with Gasteiger partial charge in [0, 0.05) is 6.54 Å². The Hall–Kier alpha value is -2.05. The van der Waals surface area contributed by atoms with E-state index in [9.17, 15) is 23.1 Å². The lowest BCUT2D eigenvalue weighted by atomic mass is 10.1. The Morgan fingerprint density at radius 2 is 1.64 bits per heavy atom. The van der Waals surface area contributed by atoms with Crippen LogP contribution in [-0.2, 0) is 0 Å². The fraction of sp³-hybridized carbons (Fsp3) is 0.133. The van der Waals surface area contributed by atoms with E-state index in [0.29, 0.717) is 0 Å². The quantitative estimate of drug-likeness (QED) is 0.905. The van der Waals surface area contributed by atoms with Gasteiger partial charge in [0.15, 0.2) is 0 Å². The van der Waals surface area contributed by atoms with Gasteiger partial charge in [0.05, 0.1) is 16.1 Å². The maximum atomic E-state index is 13.5. The molecule has 0 bridgehead atoms. The topological polar surface area (TPSA) is 49.3 Å². The van der Waals surface area contributed by atoms with Crippen molar-refractivity contribution in [3.63, 3.8) is 0 Å². The molecule has 0 saturated heterocycles. The monoisotopic (exact) mass is 329 g/mol. The van der Waals surface area contributed by atoms with Crippen molar-refractivity contribution < 1.29 is 23.1 Å². The summed E-state index contributed by atoms with van der Waals surface area (Å²) in [5, 5.41) is 11.9. The van der Waals surface area contributed by atoms with E-state index in [2.05, 4.69) is 5.32 Å². The van der Waals surface area contributed by atoms with Gasteiger partial charge in [-0.15, -0.1) is 0 Å². The molecule has 0 aliphatic carbocycles. The second-order valence-electron chi connectivity index (χ2n) is 4.46. The molecule has 1 amide bonds. The molecule has 0 aromatic heterocycles. The van der Waals surface area contributed by atoms with Crippen LogP contribution in [0.3, 0.4) is 0 Å². The summed E-state index contributed by atoms with van der Waals surface area (Å²) in [6.07, 6.45) is -1.62. The molecule has 2 rings (SSSR count). The predicted molar refractivity (Wildman–Crippen MR) is 75.1 cm³/mol. The van der Waals surface area contributed by atoms with Gasteiger partial charge in [0.1, 0.15) is 23.6 Å². The van der Waals surface area contributed by atoms with Gasteiger partial charge in [-0.25, -0.2) is 13.2 Å². The summed E-state index contributed by atoms with van der Waals surface area (Å²) in [6, 6.07) is 6.82. The van der Waals surface area contributed by atoms with Crippen molar-refractivity contribution in [2.24, 2.45) is 0 Å². The molecule has 0 radical (unpaired) electrons. The van der Waals surface area contributed by atoms with E-state index in [1.807, 2.05) is 0 Å². The van der Waals surface area contributed by atoms with E-state index >= 15 is 0 Å². The van der Waals surface area contributed by atoms with Gasteiger partial charge in [0.2, 0.25) is 0 Å². The minimum Gasteiger partial charge on any atom is -0.386 e. The highest BCUT2D eigenvalue weighted by molar-refractivity contribution is 6.33. The van der Waals surface area contributed by atoms with Gasteiger partial charge in [0.25, 0.3) is 5.91 Å². The summed E-state index contributed by atoms with van der Waals surface area (Å²) in [6.45, 7) is -0.499. The number of amides is 1. The molecular weight excluding hydrogens is 319 g/mol. The van der Waals surface area contributed by atoms with Crippen molar-refractivity contribution in [2.75, 3.05) is 6.54 Å². The smallest absolute Gasteiger partial charge is 0.255 e. The molecule has 1 atom stereocenters. The second kappa shape index (κ2) is 6.81. The van der Waals surface area contributed by atoms with Crippen molar-refractivity contribution in [3.8, 4) is 0 Å². The summed E-state index contributed by atoms with van der Waals surface area (Å²) < 4.78 is 40.5. The number of hydrogen-bond acceptors (Lipinski definition) is 2. The number of aliphatic hydroxyl groups excluding tert-OH is 1. The molecule has 0 aliphatic heterocycles. The second-order valence-corrected chi connectivity index (χ2v) is 4.87. The summed E-state index contributed by atoms with van der Waals surface area (Å²) in [4.78, 5) is 11.9. The van der Waals surface area contributed by atoms with E-state index < -0.39 is 47.1 Å². The van der Waals surface area contributed by atoms with Gasteiger partial charge in [-0.3, -0.25) is 4.79 Å². The lowest BCUT2D eigenvalue weighted by molar-refractivity contribution is 0.0907. The van der Waals surface area contributed by atoms with Crippen LogP contribution in [0.4, 0.5) is 13.2 Å². The fourth-order valence-corrected chi connectivity index (χ4v) is 2.17. The van der Waals surface area contributed by atoms with Crippen LogP contribution < -0.4 is 5.32 Å². The molecule has 2 aromatic carbocycles. The van der Waals surface area contributed by atoms with Gasteiger partial charge in [-0.05, 0) is 24.3 Å². The maximum absolute atomic E-state index is 13.5. The Balaban J connectivity index is 2.11. The minimum atomic E-state index is -1.62. The number of hydrogen-bond donors (Lipinski definition) is 2. The van der Waals surface area contributed by atoms with Crippen molar-refractivity contribution in [3.05, 3.63) is 70.0 Å². The van der Waals surface area contributed by atoms with Crippen LogP contribution in [0, 0.1) is 17.5 Å². The van der Waals surface area contributed by atoms with Gasteiger partial charge in [-0.2, -0.15) is 0 Å². The number of carbonyl (C=O) groups is 1. The summed E-state index contributed by atoms with van der Waals surface area (Å²) >= 11 is 5.72. The third kappa shape index (κ3) is 3.40. The number of halogens is 4. The molecule has 0 heterocycles. The molecule has 2 N–H and O–H groups in total. The zero-order valence-electron chi connectivity index (χ0n) is 11.1. The molecule has 0 saturated carbocycles. The number of rotatable bonds is 4. The first-order valence-electron chi connectivity index (χ1n) is 6.26. The van der Waals surface area contributed by atoms with Crippen LogP contribution in [0.5, 0.6) is 0 Å². The van der Waals surface area contributed by atoms with E-state index in [1.165, 1.54) is 12.1 Å². The summed E-state index contributed by atoms with van der Waals surface area (Å²) in [7, 11) is 0. The molecule has 0 fully saturated rings. The third-order valence-corrected chi connectivity index (χ3v) is 3.29. The molecule has 22 heavy (non-hydrogen) atoms. The highest BCUT2D eigenvalue weighted by Gasteiger charge is 2.20. The molecule has 116 valence electrons. The van der Waals surface area contributed by atoms with E-state index in [-0.39, 0.29) is 5.02 Å². The number of aliphatic hydroxyl groups is 1. The van der Waals surface area contributed by atoms with E-state index in [1.54, 1.807) is 0 Å². The van der Waals surface area contributed by atoms with Crippen LogP contribution >= 0.6 is 11.6 Å². The van der Waals surface area contributed by atoms with Crippen LogP contribution in [-0.4, -0.2) is 17.6 Å². The highest BCUT2D eigenvalue weighted by Crippen LogP contribution is 2.21. The fourth-order valence-electron chi connectivity index (χ4n) is 1.92. The predicted octanol–water partition coefficient (Wildman–Crippen LogP) is 3.22. The van der Waals surface area contributed by atoms with Gasteiger partial charge < -0.3 is 10.4 Å². The lowest BCUT2D eigenvalue weighted by Crippen LogP contribution is -2.30. The zero-order chi connectivity index (χ0) is 16.3. The molecule has 3 nitrogen and oxygen atoms in total. The largest absolute Gasteiger partial charge is 0.386 e. The Morgan fingerprint density at radius 3 is 2.23 bits per heavy atom. The first-order chi connectivity index (χ1) is 10.4. The van der Waals surface area contributed by atoms with Crippen molar-refractivity contribution in [1.29, 1.82) is 0 Å². The Morgan fingerprint density at radius 1 is 1.09 bits per heavy atom. The van der Waals surface area contributed by atoms with Crippen LogP contribution in [0.2, 0.25) is 5.02 Å². The van der Waals surface area contributed by atoms with Crippen molar-refractivity contribution in [2.45, 2.75) is 6.10 Å². The van der Waals surface area contributed by atoms with Crippen LogP contribution in [0.15, 0.2) is 36.4 Å². The third-order valence-electron chi connectivity index (χ3n) is 2.98. The molecule has 2 aromatic rings. The average Bonchev–Trinajstić information content (AvgIpc) is 2.44. The first kappa shape index (κ1) is 16.3. The number of carbonyl (C=O) groups excluding carboxylic acids is 1. The normalized spacial score (nSPS) is 12.0.